The highest BCUT2D eigenvalue weighted by atomic mass is 16.3. The van der Waals surface area contributed by atoms with Crippen LogP contribution in [0.15, 0.2) is 18.2 Å². The molecule has 1 aliphatic heterocycles. The van der Waals surface area contributed by atoms with E-state index in [0.717, 1.165) is 36.1 Å². The van der Waals surface area contributed by atoms with E-state index in [1.807, 2.05) is 25.1 Å². The summed E-state index contributed by atoms with van der Waals surface area (Å²) in [6, 6.07) is 6.04. The van der Waals surface area contributed by atoms with E-state index < -0.39 is 0 Å². The van der Waals surface area contributed by atoms with Gasteiger partial charge in [0.25, 0.3) is 0 Å². The molecule has 92 valence electrons. The summed E-state index contributed by atoms with van der Waals surface area (Å²) >= 11 is 0. The number of benzene rings is 1. The molecule has 1 fully saturated rings. The van der Waals surface area contributed by atoms with Crippen LogP contribution in [-0.2, 0) is 0 Å². The number of aryl methyl sites for hydroxylation is 1. The molecule has 1 heterocycles. The fourth-order valence-corrected chi connectivity index (χ4v) is 2.62. The van der Waals surface area contributed by atoms with E-state index in [1.54, 1.807) is 0 Å². The Labute approximate surface area is 102 Å². The van der Waals surface area contributed by atoms with Crippen LogP contribution in [0.1, 0.15) is 29.3 Å². The van der Waals surface area contributed by atoms with Crippen molar-refractivity contribution >= 4 is 12.0 Å². The number of carbonyl (C=O) groups is 1. The Kier molecular flexibility index (Phi) is 3.48. The minimum atomic E-state index is 0.136. The van der Waals surface area contributed by atoms with E-state index in [1.165, 1.54) is 0 Å². The number of aldehydes is 1. The third-order valence-corrected chi connectivity index (χ3v) is 3.69. The Morgan fingerprint density at radius 2 is 2.29 bits per heavy atom. The number of anilines is 1. The fraction of sp³-hybridized carbons (Fsp3) is 0.500. The van der Waals surface area contributed by atoms with Gasteiger partial charge in [0.15, 0.2) is 6.29 Å². The van der Waals surface area contributed by atoms with E-state index in [2.05, 4.69) is 11.8 Å². The van der Waals surface area contributed by atoms with Crippen LogP contribution in [0, 0.1) is 12.8 Å². The summed E-state index contributed by atoms with van der Waals surface area (Å²) < 4.78 is 0. The van der Waals surface area contributed by atoms with Crippen molar-refractivity contribution in [1.82, 2.24) is 0 Å². The van der Waals surface area contributed by atoms with Crippen LogP contribution < -0.4 is 4.90 Å². The molecule has 0 saturated carbocycles. The average molecular weight is 233 g/mol. The number of aliphatic hydroxyl groups is 1. The highest BCUT2D eigenvalue weighted by molar-refractivity contribution is 5.85. The lowest BCUT2D eigenvalue weighted by Crippen LogP contribution is -2.35. The van der Waals surface area contributed by atoms with Crippen LogP contribution in [0.3, 0.4) is 0 Å². The monoisotopic (exact) mass is 233 g/mol. The quantitative estimate of drug-likeness (QED) is 0.812. The second-order valence-corrected chi connectivity index (χ2v) is 4.89. The predicted molar refractivity (Wildman–Crippen MR) is 68.6 cm³/mol. The zero-order valence-electron chi connectivity index (χ0n) is 10.4. The van der Waals surface area contributed by atoms with Gasteiger partial charge in [-0.2, -0.15) is 0 Å². The molecule has 2 rings (SSSR count). The number of hydrogen-bond donors (Lipinski definition) is 1. The lowest BCUT2D eigenvalue weighted by molar-refractivity contribution is 0.112. The summed E-state index contributed by atoms with van der Waals surface area (Å²) in [4.78, 5) is 13.3. The first-order chi connectivity index (χ1) is 8.17. The standard InChI is InChI=1S/C14H19NO2/c1-10-3-4-13(12(7-10)8-16)15-6-5-11(2)14(15)9-17/h3-4,7-8,11,14,17H,5-6,9H2,1-2H3. The maximum Gasteiger partial charge on any atom is 0.152 e. The molecular weight excluding hydrogens is 214 g/mol. The molecule has 1 aliphatic rings. The van der Waals surface area contributed by atoms with Gasteiger partial charge in [0.05, 0.1) is 12.6 Å². The Bertz CT molecular complexity index is 417. The van der Waals surface area contributed by atoms with Gasteiger partial charge in [0, 0.05) is 17.8 Å². The van der Waals surface area contributed by atoms with E-state index in [0.29, 0.717) is 5.92 Å². The van der Waals surface area contributed by atoms with Crippen molar-refractivity contribution in [2.24, 2.45) is 5.92 Å². The van der Waals surface area contributed by atoms with Crippen molar-refractivity contribution in [3.8, 4) is 0 Å². The molecule has 0 amide bonds. The molecule has 0 aliphatic carbocycles. The van der Waals surface area contributed by atoms with Crippen LogP contribution in [0.2, 0.25) is 0 Å². The Morgan fingerprint density at radius 3 is 2.94 bits per heavy atom. The second kappa shape index (κ2) is 4.88. The zero-order valence-corrected chi connectivity index (χ0v) is 10.4. The summed E-state index contributed by atoms with van der Waals surface area (Å²) in [5, 5.41) is 9.46. The SMILES string of the molecule is Cc1ccc(N2CCC(C)C2CO)c(C=O)c1. The minimum Gasteiger partial charge on any atom is -0.394 e. The fourth-order valence-electron chi connectivity index (χ4n) is 2.62. The third-order valence-electron chi connectivity index (χ3n) is 3.69. The van der Waals surface area contributed by atoms with Crippen molar-refractivity contribution in [3.63, 3.8) is 0 Å². The number of hydrogen-bond acceptors (Lipinski definition) is 3. The molecule has 1 N–H and O–H groups in total. The van der Waals surface area contributed by atoms with E-state index >= 15 is 0 Å². The van der Waals surface area contributed by atoms with Gasteiger partial charge in [0.1, 0.15) is 0 Å². The zero-order chi connectivity index (χ0) is 12.4. The van der Waals surface area contributed by atoms with Crippen molar-refractivity contribution in [2.45, 2.75) is 26.3 Å². The van der Waals surface area contributed by atoms with Crippen molar-refractivity contribution in [2.75, 3.05) is 18.1 Å². The van der Waals surface area contributed by atoms with Crippen molar-refractivity contribution in [1.29, 1.82) is 0 Å². The van der Waals surface area contributed by atoms with E-state index in [-0.39, 0.29) is 12.6 Å². The molecule has 3 heteroatoms. The first-order valence-electron chi connectivity index (χ1n) is 6.10. The summed E-state index contributed by atoms with van der Waals surface area (Å²) in [6.07, 6.45) is 1.97. The molecular formula is C14H19NO2. The second-order valence-electron chi connectivity index (χ2n) is 4.89. The summed E-state index contributed by atoms with van der Waals surface area (Å²) in [5.74, 6) is 0.473. The average Bonchev–Trinajstić information content (AvgIpc) is 2.70. The molecule has 1 saturated heterocycles. The minimum absolute atomic E-state index is 0.136. The molecule has 17 heavy (non-hydrogen) atoms. The van der Waals surface area contributed by atoms with Gasteiger partial charge < -0.3 is 10.0 Å². The highest BCUT2D eigenvalue weighted by Crippen LogP contribution is 2.31. The maximum atomic E-state index is 11.1. The van der Waals surface area contributed by atoms with Crippen molar-refractivity contribution < 1.29 is 9.90 Å². The molecule has 0 spiro atoms. The van der Waals surface area contributed by atoms with Crippen LogP contribution in [-0.4, -0.2) is 30.6 Å². The first-order valence-corrected chi connectivity index (χ1v) is 6.10. The maximum absolute atomic E-state index is 11.1. The normalized spacial score (nSPS) is 24.1. The lowest BCUT2D eigenvalue weighted by Gasteiger charge is -2.28. The molecule has 0 radical (unpaired) electrons. The van der Waals surface area contributed by atoms with Crippen molar-refractivity contribution in [3.05, 3.63) is 29.3 Å². The Hall–Kier alpha value is -1.35. The lowest BCUT2D eigenvalue weighted by atomic mass is 10.0. The van der Waals surface area contributed by atoms with Crippen LogP contribution >= 0.6 is 0 Å². The van der Waals surface area contributed by atoms with Gasteiger partial charge in [0.2, 0.25) is 0 Å². The highest BCUT2D eigenvalue weighted by Gasteiger charge is 2.31. The molecule has 2 atom stereocenters. The Balaban J connectivity index is 2.36. The summed E-state index contributed by atoms with van der Waals surface area (Å²) in [7, 11) is 0. The van der Waals surface area contributed by atoms with Gasteiger partial charge in [-0.1, -0.05) is 18.6 Å². The first kappa shape index (κ1) is 12.1. The van der Waals surface area contributed by atoms with E-state index in [4.69, 9.17) is 0 Å². The summed E-state index contributed by atoms with van der Waals surface area (Å²) in [6.45, 7) is 5.19. The van der Waals surface area contributed by atoms with Gasteiger partial charge in [-0.15, -0.1) is 0 Å². The topological polar surface area (TPSA) is 40.5 Å². The molecule has 0 aromatic heterocycles. The van der Waals surface area contributed by atoms with Crippen LogP contribution in [0.25, 0.3) is 0 Å². The van der Waals surface area contributed by atoms with Gasteiger partial charge in [-0.25, -0.2) is 0 Å². The number of carbonyl (C=O) groups excluding carboxylic acids is 1. The predicted octanol–water partition coefficient (Wildman–Crippen LogP) is 2.01. The molecule has 2 unspecified atom stereocenters. The number of rotatable bonds is 3. The molecule has 1 aromatic carbocycles. The summed E-state index contributed by atoms with van der Waals surface area (Å²) in [5.41, 5.74) is 2.76. The third kappa shape index (κ3) is 2.20. The van der Waals surface area contributed by atoms with Gasteiger partial charge in [-0.3, -0.25) is 4.79 Å². The largest absolute Gasteiger partial charge is 0.394 e. The number of nitrogens with zero attached hydrogens (tertiary/aromatic N) is 1. The molecule has 3 nitrogen and oxygen atoms in total. The smallest absolute Gasteiger partial charge is 0.152 e. The van der Waals surface area contributed by atoms with E-state index in [9.17, 15) is 9.90 Å². The molecule has 1 aromatic rings. The number of aliphatic hydroxyl groups excluding tert-OH is 1. The Morgan fingerprint density at radius 1 is 1.53 bits per heavy atom. The van der Waals surface area contributed by atoms with Crippen LogP contribution in [0.4, 0.5) is 5.69 Å². The van der Waals surface area contributed by atoms with Gasteiger partial charge >= 0.3 is 0 Å². The van der Waals surface area contributed by atoms with Gasteiger partial charge in [-0.05, 0) is 31.4 Å². The van der Waals surface area contributed by atoms with Crippen LogP contribution in [0.5, 0.6) is 0 Å². The molecule has 0 bridgehead atoms.